The molecule has 2 aromatic rings. The number of carboxylic acids is 3. The first-order valence-electron chi connectivity index (χ1n) is 13.0. The Kier molecular flexibility index (Phi) is 10.4. The fourth-order valence-electron chi connectivity index (χ4n) is 4.45. The van der Waals surface area contributed by atoms with Crippen LogP contribution in [0.3, 0.4) is 0 Å². The number of carboxylic acid groups (broad SMARTS) is 3. The molecule has 2 amide bonds. The number of rotatable bonds is 15. The van der Waals surface area contributed by atoms with Crippen LogP contribution in [0.4, 0.5) is 17.6 Å². The van der Waals surface area contributed by atoms with Crippen molar-refractivity contribution in [1.82, 2.24) is 20.6 Å². The Bertz CT molecular complexity index is 1300. The van der Waals surface area contributed by atoms with Crippen LogP contribution in [0, 0.1) is 0 Å². The van der Waals surface area contributed by atoms with Crippen LogP contribution in [0.1, 0.15) is 60.0 Å². The zero-order chi connectivity index (χ0) is 30.1. The van der Waals surface area contributed by atoms with E-state index in [2.05, 4.69) is 25.9 Å². The lowest BCUT2D eigenvalue weighted by atomic mass is 10.0. The SMILES string of the molecule is Nc1nc(N)c2c(n1)NC(CCCc1ccc(C(=O)N[C@@H](CCC(=O)N[C@@H](CCC(=O)O)C(=O)O)C(=O)O)cc1)C2. The highest BCUT2D eigenvalue weighted by Crippen LogP contribution is 2.30. The first-order chi connectivity index (χ1) is 19.4. The molecule has 15 nitrogen and oxygen atoms in total. The summed E-state index contributed by atoms with van der Waals surface area (Å²) in [5, 5.41) is 35.2. The van der Waals surface area contributed by atoms with Gasteiger partial charge in [-0.15, -0.1) is 0 Å². The third-order valence-corrected chi connectivity index (χ3v) is 6.63. The summed E-state index contributed by atoms with van der Waals surface area (Å²) in [4.78, 5) is 66.5. The number of carbonyl (C=O) groups excluding carboxylic acids is 2. The van der Waals surface area contributed by atoms with Crippen LogP contribution >= 0.6 is 0 Å². The Balaban J connectivity index is 1.44. The Morgan fingerprint density at radius 1 is 0.927 bits per heavy atom. The summed E-state index contributed by atoms with van der Waals surface area (Å²) < 4.78 is 0. The molecule has 0 bridgehead atoms. The monoisotopic (exact) mass is 571 g/mol. The van der Waals surface area contributed by atoms with Gasteiger partial charge in [-0.05, 0) is 56.2 Å². The molecule has 1 aliphatic heterocycles. The van der Waals surface area contributed by atoms with Crippen molar-refractivity contribution in [2.75, 3.05) is 16.8 Å². The van der Waals surface area contributed by atoms with Gasteiger partial charge in [-0.3, -0.25) is 14.4 Å². The number of amides is 2. The van der Waals surface area contributed by atoms with Gasteiger partial charge in [0.2, 0.25) is 11.9 Å². The van der Waals surface area contributed by atoms with Crippen LogP contribution in [0.15, 0.2) is 24.3 Å². The van der Waals surface area contributed by atoms with Gasteiger partial charge in [0.05, 0.1) is 0 Å². The van der Waals surface area contributed by atoms with Crippen molar-refractivity contribution in [3.05, 3.63) is 41.0 Å². The smallest absolute Gasteiger partial charge is 0.326 e. The standard InChI is InChI=1S/C26H33N7O8/c27-21-16-12-15(29-22(16)33-26(28)32-21)3-1-2-13-4-6-14(7-5-13)23(37)31-18(25(40)41)8-10-19(34)30-17(24(38)39)9-11-20(35)36/h4-7,15,17-18H,1-3,8-12H2,(H,30,34)(H,31,37)(H,35,36)(H,38,39)(H,40,41)(H5,27,28,29,32,33)/t15?,17-,18-/m0/s1. The highest BCUT2D eigenvalue weighted by molar-refractivity contribution is 5.96. The maximum Gasteiger partial charge on any atom is 0.326 e. The molecule has 0 aliphatic carbocycles. The molecule has 0 saturated carbocycles. The van der Waals surface area contributed by atoms with E-state index in [4.69, 9.17) is 21.7 Å². The van der Waals surface area contributed by atoms with Crippen LogP contribution in [0.2, 0.25) is 0 Å². The van der Waals surface area contributed by atoms with E-state index >= 15 is 0 Å². The molecule has 1 aliphatic rings. The van der Waals surface area contributed by atoms with Crippen molar-refractivity contribution in [3.8, 4) is 0 Å². The first kappa shape index (κ1) is 30.6. The Morgan fingerprint density at radius 3 is 2.20 bits per heavy atom. The topological polar surface area (TPSA) is 260 Å². The molecule has 220 valence electrons. The molecule has 41 heavy (non-hydrogen) atoms. The molecular weight excluding hydrogens is 538 g/mol. The quantitative estimate of drug-likeness (QED) is 0.144. The lowest BCUT2D eigenvalue weighted by Gasteiger charge is -2.16. The number of hydrogen-bond donors (Lipinski definition) is 8. The number of nitrogens with zero attached hydrogens (tertiary/aromatic N) is 2. The summed E-state index contributed by atoms with van der Waals surface area (Å²) in [5.41, 5.74) is 13.7. The average molecular weight is 572 g/mol. The van der Waals surface area contributed by atoms with Crippen molar-refractivity contribution >= 4 is 47.3 Å². The number of nitrogens with one attached hydrogen (secondary N) is 3. The van der Waals surface area contributed by atoms with Crippen molar-refractivity contribution in [3.63, 3.8) is 0 Å². The van der Waals surface area contributed by atoms with Crippen molar-refractivity contribution in [1.29, 1.82) is 0 Å². The van der Waals surface area contributed by atoms with Gasteiger partial charge in [0.1, 0.15) is 23.7 Å². The lowest BCUT2D eigenvalue weighted by molar-refractivity contribution is -0.143. The largest absolute Gasteiger partial charge is 0.481 e. The average Bonchev–Trinajstić information content (AvgIpc) is 3.31. The summed E-state index contributed by atoms with van der Waals surface area (Å²) in [6.07, 6.45) is 1.68. The molecule has 1 aromatic heterocycles. The summed E-state index contributed by atoms with van der Waals surface area (Å²) in [6, 6.07) is 4.06. The highest BCUT2D eigenvalue weighted by atomic mass is 16.4. The maximum absolute atomic E-state index is 12.6. The molecule has 0 radical (unpaired) electrons. The number of nitrogens with two attached hydrogens (primary N) is 2. The van der Waals surface area contributed by atoms with E-state index < -0.39 is 48.2 Å². The molecular formula is C26H33N7O8. The van der Waals surface area contributed by atoms with Gasteiger partial charge in [0.15, 0.2) is 0 Å². The van der Waals surface area contributed by atoms with Crippen molar-refractivity contribution in [2.45, 2.75) is 69.5 Å². The van der Waals surface area contributed by atoms with Crippen LogP contribution in [-0.2, 0) is 32.0 Å². The highest BCUT2D eigenvalue weighted by Gasteiger charge is 2.26. The van der Waals surface area contributed by atoms with E-state index in [1.807, 2.05) is 0 Å². The van der Waals surface area contributed by atoms with Gasteiger partial charge in [-0.25, -0.2) is 9.59 Å². The van der Waals surface area contributed by atoms with Crippen LogP contribution < -0.4 is 27.4 Å². The first-order valence-corrected chi connectivity index (χ1v) is 13.0. The number of aliphatic carboxylic acids is 3. The molecule has 1 aromatic carbocycles. The van der Waals surface area contributed by atoms with E-state index in [0.717, 1.165) is 30.4 Å². The van der Waals surface area contributed by atoms with Gasteiger partial charge >= 0.3 is 17.9 Å². The summed E-state index contributed by atoms with van der Waals surface area (Å²) >= 11 is 0. The summed E-state index contributed by atoms with van der Waals surface area (Å²) in [7, 11) is 0. The van der Waals surface area contributed by atoms with Gasteiger partial charge in [-0.1, -0.05) is 12.1 Å². The van der Waals surface area contributed by atoms with Gasteiger partial charge in [0, 0.05) is 30.0 Å². The van der Waals surface area contributed by atoms with Crippen molar-refractivity contribution in [2.24, 2.45) is 0 Å². The molecule has 0 saturated heterocycles. The minimum Gasteiger partial charge on any atom is -0.481 e. The predicted octanol–water partition coefficient (Wildman–Crippen LogP) is 0.398. The van der Waals surface area contributed by atoms with Crippen molar-refractivity contribution < 1.29 is 39.3 Å². The number of aryl methyl sites for hydroxylation is 1. The molecule has 3 rings (SSSR count). The van der Waals surface area contributed by atoms with E-state index in [1.54, 1.807) is 24.3 Å². The fourth-order valence-corrected chi connectivity index (χ4v) is 4.45. The molecule has 3 atom stereocenters. The zero-order valence-electron chi connectivity index (χ0n) is 22.1. The van der Waals surface area contributed by atoms with E-state index in [-0.39, 0.29) is 36.8 Å². The number of benzene rings is 1. The van der Waals surface area contributed by atoms with Gasteiger partial charge < -0.3 is 42.7 Å². The van der Waals surface area contributed by atoms with E-state index in [1.165, 1.54) is 0 Å². The maximum atomic E-state index is 12.6. The molecule has 0 fully saturated rings. The molecule has 2 heterocycles. The summed E-state index contributed by atoms with van der Waals surface area (Å²) in [6.45, 7) is 0. The third kappa shape index (κ3) is 9.05. The lowest BCUT2D eigenvalue weighted by Crippen LogP contribution is -2.44. The second-order valence-corrected chi connectivity index (χ2v) is 9.72. The number of anilines is 3. The normalized spacial score (nSPS) is 15.2. The van der Waals surface area contributed by atoms with Crippen LogP contribution in [0.5, 0.6) is 0 Å². The Labute approximate surface area is 234 Å². The third-order valence-electron chi connectivity index (χ3n) is 6.63. The second-order valence-electron chi connectivity index (χ2n) is 9.72. The molecule has 1 unspecified atom stereocenters. The Hall–Kier alpha value is -4.95. The number of aromatic nitrogens is 2. The fraction of sp³-hybridized carbons (Fsp3) is 0.423. The van der Waals surface area contributed by atoms with Gasteiger partial charge in [0.25, 0.3) is 5.91 Å². The number of nitrogen functional groups attached to an aromatic ring is 2. The second kappa shape index (κ2) is 13.9. The van der Waals surface area contributed by atoms with E-state index in [0.29, 0.717) is 18.1 Å². The molecule has 10 N–H and O–H groups in total. The minimum absolute atomic E-state index is 0.123. The molecule has 0 spiro atoms. The number of hydrogen-bond acceptors (Lipinski definition) is 10. The number of fused-ring (bicyclic) bond motifs is 1. The van der Waals surface area contributed by atoms with Gasteiger partial charge in [-0.2, -0.15) is 9.97 Å². The zero-order valence-corrected chi connectivity index (χ0v) is 22.1. The Morgan fingerprint density at radius 2 is 1.56 bits per heavy atom. The van der Waals surface area contributed by atoms with Crippen LogP contribution in [0.25, 0.3) is 0 Å². The number of carbonyl (C=O) groups is 5. The van der Waals surface area contributed by atoms with Crippen LogP contribution in [-0.4, -0.2) is 73.1 Å². The van der Waals surface area contributed by atoms with E-state index in [9.17, 15) is 29.1 Å². The predicted molar refractivity (Wildman–Crippen MR) is 146 cm³/mol. The minimum atomic E-state index is -1.42. The molecule has 15 heteroatoms. The summed E-state index contributed by atoms with van der Waals surface area (Å²) in [5.74, 6) is -4.23.